The number of rotatable bonds is 3. The van der Waals surface area contributed by atoms with E-state index in [2.05, 4.69) is 24.8 Å². The number of carbonyl (C=O) groups excluding carboxylic acids is 1. The van der Waals surface area contributed by atoms with Gasteiger partial charge in [0.2, 0.25) is 5.76 Å². The largest absolute Gasteiger partial charge is 0.468 e. The van der Waals surface area contributed by atoms with E-state index in [1.54, 1.807) is 4.68 Å². The van der Waals surface area contributed by atoms with E-state index in [9.17, 15) is 31.1 Å². The first-order valence-corrected chi connectivity index (χ1v) is 9.40. The number of nitrogens with zero attached hydrogens (tertiary/aromatic N) is 4. The van der Waals surface area contributed by atoms with Gasteiger partial charge in [0.05, 0.1) is 23.1 Å². The van der Waals surface area contributed by atoms with E-state index in [0.717, 1.165) is 12.3 Å². The van der Waals surface area contributed by atoms with Gasteiger partial charge in [0.25, 0.3) is 5.91 Å². The molecule has 3 aromatic rings. The first-order valence-electron chi connectivity index (χ1n) is 9.40. The van der Waals surface area contributed by atoms with Crippen molar-refractivity contribution in [1.82, 2.24) is 25.1 Å². The summed E-state index contributed by atoms with van der Waals surface area (Å²) in [5, 5.41) is 6.92. The lowest BCUT2D eigenvalue weighted by molar-refractivity contribution is -0.157. The lowest BCUT2D eigenvalue weighted by Crippen LogP contribution is -2.32. The van der Waals surface area contributed by atoms with Crippen LogP contribution in [-0.2, 0) is 18.9 Å². The molecule has 4 heterocycles. The Hall–Kier alpha value is -3.38. The van der Waals surface area contributed by atoms with Crippen molar-refractivity contribution >= 4 is 5.91 Å². The number of aryl methyl sites for hydroxylation is 2. The van der Waals surface area contributed by atoms with Crippen LogP contribution < -0.4 is 5.32 Å². The number of pyridine rings is 1. The molecule has 170 valence electrons. The standard InChI is InChI=1S/C19H15F6N5O2/c1-9-15(32-17(27-9)19(23,24)25)16(31)28-11-3-2-6-30-13(11)8-12(29-30)10-4-5-26-14(7-10)18(20,21)22/h4-5,7-8,11H,2-3,6H2,1H3,(H,28,31)/t11-/m0/s1. The second kappa shape index (κ2) is 7.64. The molecular formula is C19H15F6N5O2. The molecule has 0 aromatic carbocycles. The van der Waals surface area contributed by atoms with Crippen LogP contribution >= 0.6 is 0 Å². The fraction of sp³-hybridized carbons (Fsp3) is 0.368. The Labute approximate surface area is 176 Å². The maximum atomic E-state index is 13.0. The molecule has 0 fully saturated rings. The van der Waals surface area contributed by atoms with E-state index in [1.807, 2.05) is 0 Å². The number of amides is 1. The van der Waals surface area contributed by atoms with Crippen molar-refractivity contribution in [3.05, 3.63) is 53.1 Å². The number of halogens is 6. The lowest BCUT2D eigenvalue weighted by Gasteiger charge is -2.24. The summed E-state index contributed by atoms with van der Waals surface area (Å²) in [5.74, 6) is -2.96. The van der Waals surface area contributed by atoms with E-state index in [4.69, 9.17) is 0 Å². The van der Waals surface area contributed by atoms with Crippen molar-refractivity contribution in [2.24, 2.45) is 0 Å². The van der Waals surface area contributed by atoms with Gasteiger partial charge in [0, 0.05) is 18.3 Å². The van der Waals surface area contributed by atoms with Crippen molar-refractivity contribution in [3.8, 4) is 11.3 Å². The smallest absolute Gasteiger partial charge is 0.427 e. The topological polar surface area (TPSA) is 85.8 Å². The van der Waals surface area contributed by atoms with Gasteiger partial charge in [-0.2, -0.15) is 31.4 Å². The maximum absolute atomic E-state index is 13.0. The molecule has 0 radical (unpaired) electrons. The molecule has 3 aromatic heterocycles. The predicted molar refractivity (Wildman–Crippen MR) is 96.1 cm³/mol. The number of fused-ring (bicyclic) bond motifs is 1. The first kappa shape index (κ1) is 21.8. The van der Waals surface area contributed by atoms with Crippen LogP contribution in [0.25, 0.3) is 11.3 Å². The molecule has 0 spiro atoms. The summed E-state index contributed by atoms with van der Waals surface area (Å²) in [4.78, 5) is 19.1. The minimum atomic E-state index is -4.83. The molecule has 1 atom stereocenters. The Morgan fingerprint density at radius 3 is 2.59 bits per heavy atom. The van der Waals surface area contributed by atoms with Crippen LogP contribution in [0.15, 0.2) is 28.8 Å². The highest BCUT2D eigenvalue weighted by atomic mass is 19.4. The number of carbonyl (C=O) groups is 1. The molecule has 13 heteroatoms. The third-order valence-electron chi connectivity index (χ3n) is 4.93. The fourth-order valence-corrected chi connectivity index (χ4v) is 3.47. The van der Waals surface area contributed by atoms with Crippen molar-refractivity contribution in [3.63, 3.8) is 0 Å². The van der Waals surface area contributed by atoms with Gasteiger partial charge < -0.3 is 9.73 Å². The van der Waals surface area contributed by atoms with E-state index in [0.29, 0.717) is 25.1 Å². The zero-order valence-electron chi connectivity index (χ0n) is 16.4. The van der Waals surface area contributed by atoms with Crippen molar-refractivity contribution in [1.29, 1.82) is 0 Å². The quantitative estimate of drug-likeness (QED) is 0.581. The van der Waals surface area contributed by atoms with Gasteiger partial charge in [-0.05, 0) is 38.0 Å². The van der Waals surface area contributed by atoms with E-state index >= 15 is 0 Å². The summed E-state index contributed by atoms with van der Waals surface area (Å²) >= 11 is 0. The summed E-state index contributed by atoms with van der Waals surface area (Å²) in [5.41, 5.74) is -0.314. The highest BCUT2D eigenvalue weighted by Gasteiger charge is 2.39. The number of aromatic nitrogens is 4. The molecule has 0 aliphatic carbocycles. The third-order valence-corrected chi connectivity index (χ3v) is 4.93. The minimum Gasteiger partial charge on any atom is -0.427 e. The van der Waals surface area contributed by atoms with Gasteiger partial charge in [-0.15, -0.1) is 0 Å². The minimum absolute atomic E-state index is 0.195. The highest BCUT2D eigenvalue weighted by Crippen LogP contribution is 2.34. The molecule has 0 saturated heterocycles. The SMILES string of the molecule is Cc1nc(C(F)(F)F)oc1C(=O)N[C@H]1CCCn2nc(-c3ccnc(C(F)(F)F)c3)cc21. The zero-order valence-corrected chi connectivity index (χ0v) is 16.4. The van der Waals surface area contributed by atoms with Crippen molar-refractivity contribution in [2.45, 2.75) is 44.7 Å². The van der Waals surface area contributed by atoms with Gasteiger partial charge >= 0.3 is 18.2 Å². The summed E-state index contributed by atoms with van der Waals surface area (Å²) in [6.45, 7) is 1.69. The Morgan fingerprint density at radius 1 is 1.19 bits per heavy atom. The summed E-state index contributed by atoms with van der Waals surface area (Å²) < 4.78 is 83.4. The molecule has 32 heavy (non-hydrogen) atoms. The molecule has 1 aliphatic heterocycles. The Kier molecular flexibility index (Phi) is 5.21. The monoisotopic (exact) mass is 459 g/mol. The van der Waals surface area contributed by atoms with Crippen LogP contribution in [0.5, 0.6) is 0 Å². The molecular weight excluding hydrogens is 444 g/mol. The zero-order chi connectivity index (χ0) is 23.3. The van der Waals surface area contributed by atoms with Gasteiger partial charge in [0.1, 0.15) is 5.69 Å². The van der Waals surface area contributed by atoms with Crippen LogP contribution in [0.1, 0.15) is 52.4 Å². The van der Waals surface area contributed by atoms with Gasteiger partial charge in [0.15, 0.2) is 0 Å². The molecule has 1 amide bonds. The number of oxazole rings is 1. The average molecular weight is 459 g/mol. The number of nitrogens with one attached hydrogen (secondary N) is 1. The molecule has 0 unspecified atom stereocenters. The van der Waals surface area contributed by atoms with E-state index in [1.165, 1.54) is 19.1 Å². The molecule has 0 saturated carbocycles. The third kappa shape index (κ3) is 4.18. The van der Waals surface area contributed by atoms with E-state index in [-0.39, 0.29) is 17.0 Å². The lowest BCUT2D eigenvalue weighted by atomic mass is 10.0. The molecule has 1 aliphatic rings. The van der Waals surface area contributed by atoms with Crippen LogP contribution in [0.3, 0.4) is 0 Å². The number of hydrogen-bond acceptors (Lipinski definition) is 5. The summed E-state index contributed by atoms with van der Waals surface area (Å²) in [7, 11) is 0. The summed E-state index contributed by atoms with van der Waals surface area (Å²) in [6, 6.07) is 3.17. The highest BCUT2D eigenvalue weighted by molar-refractivity contribution is 5.92. The van der Waals surface area contributed by atoms with Crippen LogP contribution in [0.4, 0.5) is 26.3 Å². The van der Waals surface area contributed by atoms with Crippen molar-refractivity contribution in [2.75, 3.05) is 0 Å². The predicted octanol–water partition coefficient (Wildman–Crippen LogP) is 4.54. The number of alkyl halides is 6. The van der Waals surface area contributed by atoms with Crippen LogP contribution in [0, 0.1) is 6.92 Å². The normalized spacial score (nSPS) is 16.7. The Morgan fingerprint density at radius 2 is 1.94 bits per heavy atom. The van der Waals surface area contributed by atoms with Crippen LogP contribution in [0.2, 0.25) is 0 Å². The van der Waals surface area contributed by atoms with Gasteiger partial charge in [-0.3, -0.25) is 14.5 Å². The van der Waals surface area contributed by atoms with Crippen molar-refractivity contribution < 1.29 is 35.6 Å². The fourth-order valence-electron chi connectivity index (χ4n) is 3.47. The van der Waals surface area contributed by atoms with Gasteiger partial charge in [-0.25, -0.2) is 4.98 Å². The molecule has 1 N–H and O–H groups in total. The second-order valence-corrected chi connectivity index (χ2v) is 7.20. The summed E-state index contributed by atoms with van der Waals surface area (Å²) in [6.07, 6.45) is -7.37. The first-order chi connectivity index (χ1) is 14.9. The van der Waals surface area contributed by atoms with E-state index < -0.39 is 41.6 Å². The Balaban J connectivity index is 1.60. The second-order valence-electron chi connectivity index (χ2n) is 7.20. The molecule has 7 nitrogen and oxygen atoms in total. The Bertz CT molecular complexity index is 1160. The number of hydrogen-bond donors (Lipinski definition) is 1. The average Bonchev–Trinajstić information content (AvgIpc) is 3.32. The molecule has 4 rings (SSSR count). The van der Waals surface area contributed by atoms with Gasteiger partial charge in [-0.1, -0.05) is 0 Å². The molecule has 0 bridgehead atoms. The van der Waals surface area contributed by atoms with Crippen LogP contribution in [-0.4, -0.2) is 25.7 Å². The maximum Gasteiger partial charge on any atom is 0.468 e.